The van der Waals surface area contributed by atoms with Crippen molar-refractivity contribution >= 4 is 16.7 Å². The van der Waals surface area contributed by atoms with Gasteiger partial charge >= 0.3 is 153 Å². The summed E-state index contributed by atoms with van der Waals surface area (Å²) in [5.41, 5.74) is 4.71. The largest absolute Gasteiger partial charge is 0.857 e. The molecule has 0 unspecified atom stereocenters. The van der Waals surface area contributed by atoms with Crippen molar-refractivity contribution in [2.24, 2.45) is 5.41 Å². The summed E-state index contributed by atoms with van der Waals surface area (Å²) in [6.07, 6.45) is 0. The van der Waals surface area contributed by atoms with Crippen molar-refractivity contribution < 1.29 is 37.9 Å². The van der Waals surface area contributed by atoms with Crippen molar-refractivity contribution in [2.75, 3.05) is 14.2 Å². The zero-order chi connectivity index (χ0) is 21.5. The predicted molar refractivity (Wildman–Crippen MR) is 106 cm³/mol. The van der Waals surface area contributed by atoms with E-state index >= 15 is 0 Å². The van der Waals surface area contributed by atoms with Crippen molar-refractivity contribution in [3.63, 3.8) is 0 Å². The van der Waals surface area contributed by atoms with Crippen LogP contribution in [-0.2, 0) is 22.9 Å². The van der Waals surface area contributed by atoms with Crippen molar-refractivity contribution in [1.82, 2.24) is 0 Å². The fourth-order valence-electron chi connectivity index (χ4n) is 3.35. The van der Waals surface area contributed by atoms with Crippen LogP contribution in [0.1, 0.15) is 45.0 Å². The minimum absolute atomic E-state index is 0.00715. The molecule has 0 radical (unpaired) electrons. The van der Waals surface area contributed by atoms with Gasteiger partial charge in [0.05, 0.1) is 0 Å². The van der Waals surface area contributed by atoms with Gasteiger partial charge in [0.15, 0.2) is 0 Å². The first-order valence-corrected chi connectivity index (χ1v) is 10.4. The van der Waals surface area contributed by atoms with Gasteiger partial charge in [-0.25, -0.2) is 0 Å². The smallest absolute Gasteiger partial charge is 0.153 e. The van der Waals surface area contributed by atoms with Gasteiger partial charge in [-0.3, -0.25) is 0 Å². The first-order chi connectivity index (χ1) is 13.3. The third-order valence-corrected chi connectivity index (χ3v) is 7.65. The molecule has 0 fully saturated rings. The Morgan fingerprint density at radius 3 is 2.04 bits per heavy atom. The molecular weight excluding hydrogens is 388 g/mol. The van der Waals surface area contributed by atoms with E-state index in [4.69, 9.17) is 13.5 Å². The maximum absolute atomic E-state index is 12.7. The molecule has 148 valence electrons. The van der Waals surface area contributed by atoms with Crippen molar-refractivity contribution in [1.29, 1.82) is 0 Å². The summed E-state index contributed by atoms with van der Waals surface area (Å²) < 4.78 is 7.15. The molecule has 2 aromatic carbocycles. The van der Waals surface area contributed by atoms with Crippen LogP contribution >= 0.6 is 0 Å². The SMILES string of the molecule is CC1=C(C)C(C)(C)[C]([Ti+2][O]C(=O)c2cccc3ccccc23)=C1C.C[O-].C[O-]. The number of fused-ring (bicyclic) bond motifs is 1. The Hall–Kier alpha value is -1.72. The van der Waals surface area contributed by atoms with Gasteiger partial charge in [-0.15, -0.1) is 0 Å². The maximum Gasteiger partial charge on any atom is -0.153 e. The van der Waals surface area contributed by atoms with E-state index in [2.05, 4.69) is 34.6 Å². The molecule has 0 heterocycles. The molecule has 4 nitrogen and oxygen atoms in total. The van der Waals surface area contributed by atoms with Crippen LogP contribution in [0.4, 0.5) is 0 Å². The number of carbonyl (C=O) groups excluding carboxylic acids is 1. The molecule has 1 aliphatic rings. The van der Waals surface area contributed by atoms with Crippen molar-refractivity contribution in [3.8, 4) is 0 Å². The summed E-state index contributed by atoms with van der Waals surface area (Å²) in [4.78, 5) is 12.7. The molecule has 0 saturated heterocycles. The zero-order valence-electron chi connectivity index (χ0n) is 17.7. The second-order valence-corrected chi connectivity index (χ2v) is 8.31. The predicted octanol–water partition coefficient (Wildman–Crippen LogP) is 3.60. The van der Waals surface area contributed by atoms with Crippen LogP contribution in [0.25, 0.3) is 10.8 Å². The second kappa shape index (κ2) is 10.7. The van der Waals surface area contributed by atoms with Gasteiger partial charge in [0.25, 0.3) is 0 Å². The average Bonchev–Trinajstić information content (AvgIpc) is 2.88. The van der Waals surface area contributed by atoms with E-state index in [1.807, 2.05) is 42.5 Å². The van der Waals surface area contributed by atoms with Gasteiger partial charge in [0, 0.05) is 0 Å². The zero-order valence-corrected chi connectivity index (χ0v) is 19.2. The molecule has 2 aromatic rings. The maximum atomic E-state index is 12.7. The normalized spacial score (nSPS) is 14.6. The Morgan fingerprint density at radius 2 is 1.46 bits per heavy atom. The fraction of sp³-hybridized carbons (Fsp3) is 0.348. The number of allylic oxidation sites excluding steroid dienone is 4. The molecule has 0 bridgehead atoms. The van der Waals surface area contributed by atoms with Crippen molar-refractivity contribution in [2.45, 2.75) is 34.6 Å². The van der Waals surface area contributed by atoms with Gasteiger partial charge in [0.1, 0.15) is 0 Å². The molecule has 0 atom stereocenters. The fourth-order valence-corrected chi connectivity index (χ4v) is 5.05. The van der Waals surface area contributed by atoms with Crippen LogP contribution in [0.3, 0.4) is 0 Å². The summed E-state index contributed by atoms with van der Waals surface area (Å²) >= 11 is -0.953. The molecule has 0 saturated carbocycles. The quantitative estimate of drug-likeness (QED) is 0.717. The molecule has 0 aromatic heterocycles. The van der Waals surface area contributed by atoms with E-state index in [0.29, 0.717) is 5.56 Å². The molecule has 0 spiro atoms. The minimum Gasteiger partial charge on any atom is -0.857 e. The third-order valence-electron chi connectivity index (χ3n) is 5.32. The molecule has 28 heavy (non-hydrogen) atoms. The van der Waals surface area contributed by atoms with Gasteiger partial charge in [-0.05, 0) is 0 Å². The molecule has 1 aliphatic carbocycles. The van der Waals surface area contributed by atoms with E-state index in [1.54, 1.807) is 0 Å². The number of hydrogen-bond donors (Lipinski definition) is 0. The summed E-state index contributed by atoms with van der Waals surface area (Å²) in [5.74, 6) is -0.204. The van der Waals surface area contributed by atoms with Crippen LogP contribution < -0.4 is 10.2 Å². The van der Waals surface area contributed by atoms with Crippen LogP contribution in [0.15, 0.2) is 63.1 Å². The summed E-state index contributed by atoms with van der Waals surface area (Å²) in [5, 5.41) is 18.5. The Kier molecular flexibility index (Phi) is 9.32. The van der Waals surface area contributed by atoms with Gasteiger partial charge < -0.3 is 10.2 Å². The van der Waals surface area contributed by atoms with Gasteiger partial charge in [-0.2, -0.15) is 14.2 Å². The summed E-state index contributed by atoms with van der Waals surface area (Å²) in [6, 6.07) is 13.7. The van der Waals surface area contributed by atoms with Crippen LogP contribution in [0.2, 0.25) is 0 Å². The number of carbonyl (C=O) groups is 1. The topological polar surface area (TPSA) is 72.4 Å². The molecule has 0 amide bonds. The van der Waals surface area contributed by atoms with Crippen LogP contribution in [0.5, 0.6) is 0 Å². The van der Waals surface area contributed by atoms with E-state index in [-0.39, 0.29) is 11.4 Å². The Bertz CT molecular complexity index is 889. The molecule has 0 aliphatic heterocycles. The monoisotopic (exact) mass is 416 g/mol. The Labute approximate surface area is 177 Å². The molecule has 3 rings (SSSR count). The van der Waals surface area contributed by atoms with Crippen LogP contribution in [0, 0.1) is 5.41 Å². The first kappa shape index (κ1) is 24.3. The number of benzene rings is 2. The van der Waals surface area contributed by atoms with Crippen LogP contribution in [-0.4, -0.2) is 20.2 Å². The first-order valence-electron chi connectivity index (χ1n) is 9.00. The van der Waals surface area contributed by atoms with E-state index < -0.39 is 19.5 Å². The van der Waals surface area contributed by atoms with Gasteiger partial charge in [0.2, 0.25) is 0 Å². The van der Waals surface area contributed by atoms with E-state index in [0.717, 1.165) is 25.0 Å². The average molecular weight is 416 g/mol. The standard InChI is InChI=1S/C11H8O2.C10H15.2CH3O.Ti/c12-11(13)10-7-3-5-8-4-1-2-6-9(8)10;1-7-6-10(4,5)9(3)8(7)2;2*1-2;/h1-7H,(H,12,13);1-5H3;2*1H3;/q;;2*-1;+3/p-1. The number of rotatable bonds is 3. The second-order valence-electron chi connectivity index (χ2n) is 6.89. The number of hydrogen-bond acceptors (Lipinski definition) is 4. The molecular formula is C23H28O4Ti. The Morgan fingerprint density at radius 1 is 0.893 bits per heavy atom. The summed E-state index contributed by atoms with van der Waals surface area (Å²) in [6.45, 7) is 11.0. The summed E-state index contributed by atoms with van der Waals surface area (Å²) in [7, 11) is 1.50. The Balaban J connectivity index is 0.000000921. The third kappa shape index (κ3) is 4.82. The minimum atomic E-state index is -0.953. The van der Waals surface area contributed by atoms with Crippen molar-refractivity contribution in [3.05, 3.63) is 68.6 Å². The van der Waals surface area contributed by atoms with E-state index in [9.17, 15) is 4.79 Å². The molecule has 5 heteroatoms. The molecule has 0 N–H and O–H groups in total. The van der Waals surface area contributed by atoms with E-state index in [1.165, 1.54) is 20.6 Å². The van der Waals surface area contributed by atoms with Gasteiger partial charge in [-0.1, -0.05) is 0 Å².